The molecule has 114 valence electrons. The monoisotopic (exact) mass is 317 g/mol. The number of nitrogens with zero attached hydrogens (tertiary/aromatic N) is 2. The van der Waals surface area contributed by atoms with Crippen molar-refractivity contribution in [3.05, 3.63) is 16.1 Å². The van der Waals surface area contributed by atoms with Gasteiger partial charge in [-0.15, -0.1) is 23.7 Å². The predicted molar refractivity (Wildman–Crippen MR) is 85.4 cm³/mol. The Morgan fingerprint density at radius 2 is 2.30 bits per heavy atom. The summed E-state index contributed by atoms with van der Waals surface area (Å²) in [7, 11) is 1.88. The first-order valence-corrected chi connectivity index (χ1v) is 7.61. The second kappa shape index (κ2) is 6.87. The molecule has 0 aliphatic carbocycles. The minimum absolute atomic E-state index is 0. The van der Waals surface area contributed by atoms with E-state index in [4.69, 9.17) is 0 Å². The molecule has 2 heterocycles. The minimum Gasteiger partial charge on any atom is -0.339 e. The second-order valence-corrected chi connectivity index (χ2v) is 7.34. The van der Waals surface area contributed by atoms with Gasteiger partial charge < -0.3 is 10.2 Å². The molecule has 1 aliphatic rings. The van der Waals surface area contributed by atoms with Crippen LogP contribution in [0.3, 0.4) is 0 Å². The first-order chi connectivity index (χ1) is 8.90. The number of likely N-dealkylation sites (N-methyl/N-ethyl adjacent to an activating group) is 1. The summed E-state index contributed by atoms with van der Waals surface area (Å²) in [5.41, 5.74) is 0.0349. The van der Waals surface area contributed by atoms with Crippen molar-refractivity contribution >= 4 is 29.7 Å². The van der Waals surface area contributed by atoms with E-state index < -0.39 is 0 Å². The van der Waals surface area contributed by atoms with Crippen LogP contribution in [0.15, 0.2) is 6.20 Å². The van der Waals surface area contributed by atoms with Crippen molar-refractivity contribution in [2.24, 2.45) is 5.41 Å². The van der Waals surface area contributed by atoms with Crippen molar-refractivity contribution in [2.45, 2.75) is 46.2 Å². The zero-order chi connectivity index (χ0) is 14.0. The Labute approximate surface area is 131 Å². The number of aromatic nitrogens is 1. The molecule has 1 aromatic heterocycles. The predicted octanol–water partition coefficient (Wildman–Crippen LogP) is 2.61. The van der Waals surface area contributed by atoms with Crippen LogP contribution in [-0.4, -0.2) is 35.4 Å². The number of hydrogen-bond acceptors (Lipinski definition) is 4. The zero-order valence-corrected chi connectivity index (χ0v) is 14.2. The maximum Gasteiger partial charge on any atom is 0.240 e. The van der Waals surface area contributed by atoms with Crippen molar-refractivity contribution in [2.75, 3.05) is 13.6 Å². The van der Waals surface area contributed by atoms with Crippen LogP contribution in [0.25, 0.3) is 0 Å². The highest BCUT2D eigenvalue weighted by molar-refractivity contribution is 7.11. The first kappa shape index (κ1) is 17.4. The number of carbonyl (C=O) groups is 1. The van der Waals surface area contributed by atoms with Crippen molar-refractivity contribution < 1.29 is 4.79 Å². The molecular formula is C14H24ClN3OS. The summed E-state index contributed by atoms with van der Waals surface area (Å²) in [6.45, 7) is 7.92. The maximum absolute atomic E-state index is 12.6. The number of hydrogen-bond donors (Lipinski definition) is 1. The largest absolute Gasteiger partial charge is 0.339 e. The van der Waals surface area contributed by atoms with Gasteiger partial charge in [0.05, 0.1) is 17.6 Å². The van der Waals surface area contributed by atoms with E-state index in [9.17, 15) is 4.79 Å². The Kier molecular flexibility index (Phi) is 5.98. The van der Waals surface area contributed by atoms with Gasteiger partial charge in [0.2, 0.25) is 5.91 Å². The third kappa shape index (κ3) is 3.93. The molecule has 0 saturated carbocycles. The Hall–Kier alpha value is -0.650. The Morgan fingerprint density at radius 1 is 1.60 bits per heavy atom. The fraction of sp³-hybridized carbons (Fsp3) is 0.714. The molecule has 1 aliphatic heterocycles. The standard InChI is InChI=1S/C14H23N3OS.ClH/c1-10-16-8-11(19-10)9-17(4)13(18)12-14(2,3)6-5-7-15-12;/h8,12,15H,5-7,9H2,1-4H3;1H. The van der Waals surface area contributed by atoms with Gasteiger partial charge in [-0.1, -0.05) is 13.8 Å². The van der Waals surface area contributed by atoms with Crippen LogP contribution in [0.2, 0.25) is 0 Å². The smallest absolute Gasteiger partial charge is 0.240 e. The summed E-state index contributed by atoms with van der Waals surface area (Å²) in [6.07, 6.45) is 4.11. The lowest BCUT2D eigenvalue weighted by Gasteiger charge is -2.40. The van der Waals surface area contributed by atoms with Crippen molar-refractivity contribution in [3.8, 4) is 0 Å². The number of halogens is 1. The lowest BCUT2D eigenvalue weighted by molar-refractivity contribution is -0.136. The van der Waals surface area contributed by atoms with Crippen LogP contribution in [0.1, 0.15) is 36.6 Å². The number of piperidine rings is 1. The molecule has 1 N–H and O–H groups in total. The normalized spacial score (nSPS) is 21.1. The molecule has 1 unspecified atom stereocenters. The summed E-state index contributed by atoms with van der Waals surface area (Å²) in [5, 5.41) is 4.43. The topological polar surface area (TPSA) is 45.2 Å². The van der Waals surface area contributed by atoms with Gasteiger partial charge in [-0.25, -0.2) is 4.98 Å². The number of carbonyl (C=O) groups excluding carboxylic acids is 1. The van der Waals surface area contributed by atoms with Crippen LogP contribution >= 0.6 is 23.7 Å². The molecule has 0 aromatic carbocycles. The molecule has 6 heteroatoms. The molecule has 20 heavy (non-hydrogen) atoms. The molecular weight excluding hydrogens is 294 g/mol. The van der Waals surface area contributed by atoms with Gasteiger partial charge in [-0.05, 0) is 31.7 Å². The van der Waals surface area contributed by atoms with Gasteiger partial charge in [-0.2, -0.15) is 0 Å². The van der Waals surface area contributed by atoms with Gasteiger partial charge in [0.1, 0.15) is 0 Å². The maximum atomic E-state index is 12.6. The van der Waals surface area contributed by atoms with Crippen LogP contribution in [0.4, 0.5) is 0 Å². The molecule has 1 fully saturated rings. The highest BCUT2D eigenvalue weighted by atomic mass is 35.5. The van der Waals surface area contributed by atoms with Crippen LogP contribution in [-0.2, 0) is 11.3 Å². The lowest BCUT2D eigenvalue weighted by Crippen LogP contribution is -2.55. The quantitative estimate of drug-likeness (QED) is 0.932. The average Bonchev–Trinajstić information content (AvgIpc) is 2.73. The summed E-state index contributed by atoms with van der Waals surface area (Å²) in [6, 6.07) is -0.0692. The zero-order valence-electron chi connectivity index (χ0n) is 12.6. The number of rotatable bonds is 3. The Balaban J connectivity index is 0.00000200. The van der Waals surface area contributed by atoms with Gasteiger partial charge in [-0.3, -0.25) is 4.79 Å². The summed E-state index contributed by atoms with van der Waals surface area (Å²) in [5.74, 6) is 0.191. The summed E-state index contributed by atoms with van der Waals surface area (Å²) in [4.78, 5) is 19.8. The van der Waals surface area contributed by atoms with E-state index in [0.717, 1.165) is 29.3 Å². The fourth-order valence-corrected chi connectivity index (χ4v) is 3.49. The molecule has 0 bridgehead atoms. The molecule has 0 spiro atoms. The summed E-state index contributed by atoms with van der Waals surface area (Å²) < 4.78 is 0. The van der Waals surface area contributed by atoms with Gasteiger partial charge in [0.25, 0.3) is 0 Å². The third-order valence-electron chi connectivity index (χ3n) is 3.81. The van der Waals surface area contributed by atoms with Crippen LogP contribution < -0.4 is 5.32 Å². The number of nitrogens with one attached hydrogen (secondary N) is 1. The van der Waals surface area contributed by atoms with E-state index in [2.05, 4.69) is 24.1 Å². The van der Waals surface area contributed by atoms with Crippen LogP contribution in [0.5, 0.6) is 0 Å². The Bertz CT molecular complexity index is 461. The van der Waals surface area contributed by atoms with Gasteiger partial charge in [0.15, 0.2) is 0 Å². The summed E-state index contributed by atoms with van der Waals surface area (Å²) >= 11 is 1.65. The van der Waals surface area contributed by atoms with E-state index in [1.54, 1.807) is 11.3 Å². The van der Waals surface area contributed by atoms with Crippen molar-refractivity contribution in [3.63, 3.8) is 0 Å². The van der Waals surface area contributed by atoms with Crippen LogP contribution in [0, 0.1) is 12.3 Å². The molecule has 2 rings (SSSR count). The van der Waals surface area contributed by atoms with E-state index in [0.29, 0.717) is 6.54 Å². The van der Waals surface area contributed by atoms with Gasteiger partial charge in [0, 0.05) is 18.1 Å². The number of amides is 1. The highest BCUT2D eigenvalue weighted by Crippen LogP contribution is 2.31. The second-order valence-electron chi connectivity index (χ2n) is 6.02. The van der Waals surface area contributed by atoms with Crippen molar-refractivity contribution in [1.29, 1.82) is 0 Å². The van der Waals surface area contributed by atoms with E-state index >= 15 is 0 Å². The minimum atomic E-state index is -0.0692. The molecule has 4 nitrogen and oxygen atoms in total. The molecule has 1 amide bonds. The van der Waals surface area contributed by atoms with Crippen molar-refractivity contribution in [1.82, 2.24) is 15.2 Å². The molecule has 1 aromatic rings. The Morgan fingerprint density at radius 3 is 2.85 bits per heavy atom. The third-order valence-corrected chi connectivity index (χ3v) is 4.71. The fourth-order valence-electron chi connectivity index (χ4n) is 2.64. The number of thiazole rings is 1. The first-order valence-electron chi connectivity index (χ1n) is 6.80. The lowest BCUT2D eigenvalue weighted by atomic mass is 9.77. The molecule has 1 saturated heterocycles. The van der Waals surface area contributed by atoms with E-state index in [1.807, 2.05) is 25.1 Å². The van der Waals surface area contributed by atoms with Gasteiger partial charge >= 0.3 is 0 Å². The number of aryl methyl sites for hydroxylation is 1. The average molecular weight is 318 g/mol. The van der Waals surface area contributed by atoms with E-state index in [1.165, 1.54) is 0 Å². The van der Waals surface area contributed by atoms with E-state index in [-0.39, 0.29) is 29.8 Å². The molecule has 0 radical (unpaired) electrons. The highest BCUT2D eigenvalue weighted by Gasteiger charge is 2.38. The molecule has 1 atom stereocenters. The SMILES string of the molecule is Cc1ncc(CN(C)C(=O)C2NCCCC2(C)C)s1.Cl.